The summed E-state index contributed by atoms with van der Waals surface area (Å²) in [7, 11) is 0. The molecule has 0 radical (unpaired) electrons. The van der Waals surface area contributed by atoms with Crippen molar-refractivity contribution in [2.45, 2.75) is 19.9 Å². The fourth-order valence-electron chi connectivity index (χ4n) is 3.26. The van der Waals surface area contributed by atoms with Crippen LogP contribution in [0.3, 0.4) is 0 Å². The summed E-state index contributed by atoms with van der Waals surface area (Å²) in [6.45, 7) is 3.74. The molecule has 0 saturated heterocycles. The van der Waals surface area contributed by atoms with Gasteiger partial charge < -0.3 is 9.84 Å². The minimum Gasteiger partial charge on any atom is -0.507 e. The van der Waals surface area contributed by atoms with E-state index >= 15 is 0 Å². The molecular formula is C21H18N2O4S2. The first-order valence-electron chi connectivity index (χ1n) is 9.02. The van der Waals surface area contributed by atoms with Gasteiger partial charge in [-0.05, 0) is 37.4 Å². The molecule has 8 heteroatoms. The number of benzene rings is 1. The Kier molecular flexibility index (Phi) is 5.21. The molecule has 6 nitrogen and oxygen atoms in total. The highest BCUT2D eigenvalue weighted by molar-refractivity contribution is 7.10. The van der Waals surface area contributed by atoms with Crippen LogP contribution in [0.15, 0.2) is 62.8 Å². The van der Waals surface area contributed by atoms with E-state index in [4.69, 9.17) is 4.74 Å². The molecule has 0 aliphatic carbocycles. The number of rotatable bonds is 4. The second-order valence-corrected chi connectivity index (χ2v) is 8.36. The van der Waals surface area contributed by atoms with Crippen LogP contribution in [-0.4, -0.2) is 22.2 Å². The van der Waals surface area contributed by atoms with Gasteiger partial charge in [0.25, 0.3) is 5.56 Å². The number of carbonyl (C=O) groups excluding carboxylic acids is 1. The number of ether oxygens (including phenoxy) is 1. The monoisotopic (exact) mass is 426 g/mol. The Morgan fingerprint density at radius 1 is 1.31 bits per heavy atom. The van der Waals surface area contributed by atoms with Crippen LogP contribution in [0.25, 0.3) is 6.08 Å². The van der Waals surface area contributed by atoms with Crippen molar-refractivity contribution in [2.24, 2.45) is 4.99 Å². The molecule has 0 spiro atoms. The van der Waals surface area contributed by atoms with Crippen molar-refractivity contribution in [1.82, 2.24) is 4.57 Å². The zero-order chi connectivity index (χ0) is 20.5. The second kappa shape index (κ2) is 7.81. The van der Waals surface area contributed by atoms with Gasteiger partial charge >= 0.3 is 5.97 Å². The van der Waals surface area contributed by atoms with Gasteiger partial charge in [-0.1, -0.05) is 35.6 Å². The number of aromatic nitrogens is 1. The predicted molar refractivity (Wildman–Crippen MR) is 113 cm³/mol. The Labute approximate surface area is 174 Å². The third-order valence-electron chi connectivity index (χ3n) is 4.55. The quantitative estimate of drug-likeness (QED) is 0.650. The third-order valence-corrected chi connectivity index (χ3v) is 6.46. The molecule has 0 bridgehead atoms. The van der Waals surface area contributed by atoms with E-state index in [-0.39, 0.29) is 17.9 Å². The van der Waals surface area contributed by atoms with E-state index in [0.717, 1.165) is 4.88 Å². The maximum Gasteiger partial charge on any atom is 0.338 e. The molecule has 148 valence electrons. The summed E-state index contributed by atoms with van der Waals surface area (Å²) in [4.78, 5) is 31.9. The number of thiazole rings is 1. The minimum absolute atomic E-state index is 0.0940. The normalized spacial score (nSPS) is 16.5. The molecule has 3 aromatic rings. The highest BCUT2D eigenvalue weighted by Crippen LogP contribution is 2.33. The summed E-state index contributed by atoms with van der Waals surface area (Å²) in [6.07, 6.45) is 1.65. The van der Waals surface area contributed by atoms with Crippen LogP contribution in [0.5, 0.6) is 5.75 Å². The highest BCUT2D eigenvalue weighted by atomic mass is 32.1. The third kappa shape index (κ3) is 3.45. The fourth-order valence-corrected chi connectivity index (χ4v) is 5.12. The molecule has 0 unspecified atom stereocenters. The van der Waals surface area contributed by atoms with Gasteiger partial charge in [0.1, 0.15) is 11.8 Å². The number of fused-ring (bicyclic) bond motifs is 1. The maximum absolute atomic E-state index is 13.3. The lowest BCUT2D eigenvalue weighted by Gasteiger charge is -2.23. The van der Waals surface area contributed by atoms with E-state index in [0.29, 0.717) is 26.2 Å². The molecule has 1 aromatic carbocycles. The van der Waals surface area contributed by atoms with Crippen LogP contribution in [0.1, 0.15) is 30.3 Å². The van der Waals surface area contributed by atoms with Crippen molar-refractivity contribution in [1.29, 1.82) is 0 Å². The minimum atomic E-state index is -0.586. The van der Waals surface area contributed by atoms with E-state index in [1.165, 1.54) is 22.7 Å². The standard InChI is InChI=1S/C21H18N2O4S2/c1-3-27-20(26)17-12(2)22-21-23(18(17)15-9-6-10-28-15)19(25)16(29-21)11-13-7-4-5-8-14(13)24/h4-11,18,24H,3H2,1-2H3/t18-/m0/s1. The number of phenols is 1. The molecule has 1 aliphatic heterocycles. The maximum atomic E-state index is 13.3. The summed E-state index contributed by atoms with van der Waals surface area (Å²) >= 11 is 2.70. The van der Waals surface area contributed by atoms with E-state index in [1.54, 1.807) is 48.8 Å². The SMILES string of the molecule is CCOC(=O)C1=C(C)N=c2sc(=Cc3ccccc3O)c(=O)n2[C@H]1c1cccs1. The van der Waals surface area contributed by atoms with Crippen LogP contribution in [-0.2, 0) is 9.53 Å². The van der Waals surface area contributed by atoms with Crippen LogP contribution < -0.4 is 14.9 Å². The number of thiophene rings is 1. The van der Waals surface area contributed by atoms with E-state index < -0.39 is 12.0 Å². The Morgan fingerprint density at radius 3 is 2.79 bits per heavy atom. The average molecular weight is 427 g/mol. The van der Waals surface area contributed by atoms with Gasteiger partial charge in [-0.25, -0.2) is 9.79 Å². The Balaban J connectivity index is 1.96. The van der Waals surface area contributed by atoms with Gasteiger partial charge in [-0.3, -0.25) is 9.36 Å². The Hall–Kier alpha value is -2.97. The number of hydrogen-bond donors (Lipinski definition) is 1. The first-order valence-corrected chi connectivity index (χ1v) is 10.7. The zero-order valence-electron chi connectivity index (χ0n) is 15.8. The first-order chi connectivity index (χ1) is 14.0. The molecular weight excluding hydrogens is 408 g/mol. The fraction of sp³-hybridized carbons (Fsp3) is 0.190. The molecule has 0 saturated carbocycles. The zero-order valence-corrected chi connectivity index (χ0v) is 17.4. The van der Waals surface area contributed by atoms with Gasteiger partial charge in [0, 0.05) is 10.4 Å². The van der Waals surface area contributed by atoms with Crippen molar-refractivity contribution < 1.29 is 14.6 Å². The number of carbonyl (C=O) groups is 1. The first kappa shape index (κ1) is 19.4. The molecule has 4 rings (SSSR count). The molecule has 29 heavy (non-hydrogen) atoms. The van der Waals surface area contributed by atoms with E-state index in [9.17, 15) is 14.7 Å². The smallest absolute Gasteiger partial charge is 0.338 e. The van der Waals surface area contributed by atoms with Crippen molar-refractivity contribution in [3.63, 3.8) is 0 Å². The molecule has 0 amide bonds. The van der Waals surface area contributed by atoms with Crippen molar-refractivity contribution in [3.8, 4) is 5.75 Å². The summed E-state index contributed by atoms with van der Waals surface area (Å²) < 4.78 is 7.23. The number of nitrogens with zero attached hydrogens (tertiary/aromatic N) is 2. The lowest BCUT2D eigenvalue weighted by molar-refractivity contribution is -0.139. The van der Waals surface area contributed by atoms with Gasteiger partial charge in [-0.15, -0.1) is 11.3 Å². The number of allylic oxidation sites excluding steroid dienone is 1. The topological polar surface area (TPSA) is 80.9 Å². The van der Waals surface area contributed by atoms with Crippen LogP contribution >= 0.6 is 22.7 Å². The van der Waals surface area contributed by atoms with E-state index in [2.05, 4.69) is 4.99 Å². The number of para-hydroxylation sites is 1. The number of esters is 1. The Morgan fingerprint density at radius 2 is 2.10 bits per heavy atom. The number of hydrogen-bond acceptors (Lipinski definition) is 7. The molecule has 0 fully saturated rings. The van der Waals surface area contributed by atoms with Crippen molar-refractivity contribution in [3.05, 3.63) is 83.2 Å². The lowest BCUT2D eigenvalue weighted by atomic mass is 10.0. The number of phenolic OH excluding ortho intramolecular Hbond substituents is 1. The average Bonchev–Trinajstić information content (AvgIpc) is 3.32. The van der Waals surface area contributed by atoms with Gasteiger partial charge in [0.2, 0.25) is 0 Å². The summed E-state index contributed by atoms with van der Waals surface area (Å²) in [5, 5.41) is 12.0. The lowest BCUT2D eigenvalue weighted by Crippen LogP contribution is -2.39. The largest absolute Gasteiger partial charge is 0.507 e. The highest BCUT2D eigenvalue weighted by Gasteiger charge is 2.33. The summed E-state index contributed by atoms with van der Waals surface area (Å²) in [5.41, 5.74) is 1.20. The molecule has 1 atom stereocenters. The Bertz CT molecular complexity index is 1280. The molecule has 3 heterocycles. The second-order valence-electron chi connectivity index (χ2n) is 6.38. The van der Waals surface area contributed by atoms with Gasteiger partial charge in [0.05, 0.1) is 22.4 Å². The number of aromatic hydroxyl groups is 1. The van der Waals surface area contributed by atoms with Gasteiger partial charge in [-0.2, -0.15) is 0 Å². The summed E-state index contributed by atoms with van der Waals surface area (Å²) in [5.74, 6) is -0.376. The van der Waals surface area contributed by atoms with E-state index in [1.807, 2.05) is 17.5 Å². The predicted octanol–water partition coefficient (Wildman–Crippen LogP) is 2.57. The summed E-state index contributed by atoms with van der Waals surface area (Å²) in [6, 6.07) is 10.0. The molecule has 2 aromatic heterocycles. The molecule has 1 N–H and O–H groups in total. The van der Waals surface area contributed by atoms with Crippen LogP contribution in [0.4, 0.5) is 0 Å². The van der Waals surface area contributed by atoms with Crippen LogP contribution in [0, 0.1) is 0 Å². The van der Waals surface area contributed by atoms with Crippen molar-refractivity contribution >= 4 is 34.7 Å². The van der Waals surface area contributed by atoms with Gasteiger partial charge in [0.15, 0.2) is 4.80 Å². The van der Waals surface area contributed by atoms with Crippen molar-refractivity contribution in [2.75, 3.05) is 6.61 Å². The van der Waals surface area contributed by atoms with Crippen LogP contribution in [0.2, 0.25) is 0 Å². The molecule has 1 aliphatic rings.